The average Bonchev–Trinajstić information content (AvgIpc) is 2.37. The number of carbonyl (C=O) groups excluding carboxylic acids is 1. The Balaban J connectivity index is 2.27. The summed E-state index contributed by atoms with van der Waals surface area (Å²) in [6.45, 7) is 0. The van der Waals surface area contributed by atoms with Crippen LogP contribution in [-0.4, -0.2) is 6.29 Å². The van der Waals surface area contributed by atoms with E-state index in [9.17, 15) is 4.79 Å². The van der Waals surface area contributed by atoms with E-state index in [4.69, 9.17) is 0 Å². The van der Waals surface area contributed by atoms with Gasteiger partial charge in [0, 0.05) is 10.0 Å². The van der Waals surface area contributed by atoms with Gasteiger partial charge in [-0.15, -0.1) is 0 Å². The number of carbonyl (C=O) groups is 1. The molecule has 2 aromatic carbocycles. The molecule has 0 heterocycles. The van der Waals surface area contributed by atoms with Gasteiger partial charge in [0.25, 0.3) is 0 Å². The molecule has 0 amide bonds. The number of rotatable bonds is 3. The van der Waals surface area contributed by atoms with Crippen LogP contribution in [0.25, 0.3) is 12.2 Å². The minimum absolute atomic E-state index is 0.673. The number of halogens is 1. The second kappa shape index (κ2) is 5.60. The van der Waals surface area contributed by atoms with Gasteiger partial charge in [-0.3, -0.25) is 4.79 Å². The molecule has 0 atom stereocenters. The van der Waals surface area contributed by atoms with Crippen molar-refractivity contribution in [3.63, 3.8) is 0 Å². The Hall–Kier alpha value is -1.67. The SMILES string of the molecule is O=Cc1cc(Br)cc(C=Cc2ccccc2)c1. The van der Waals surface area contributed by atoms with E-state index in [1.165, 1.54) is 0 Å². The summed E-state index contributed by atoms with van der Waals surface area (Å²) in [5.41, 5.74) is 2.82. The van der Waals surface area contributed by atoms with Crippen molar-refractivity contribution in [2.45, 2.75) is 0 Å². The van der Waals surface area contributed by atoms with Crippen molar-refractivity contribution in [2.75, 3.05) is 0 Å². The Morgan fingerprint density at radius 3 is 2.18 bits per heavy atom. The maximum atomic E-state index is 10.7. The zero-order valence-corrected chi connectivity index (χ0v) is 10.7. The van der Waals surface area contributed by atoms with Gasteiger partial charge in [-0.25, -0.2) is 0 Å². The second-order valence-electron chi connectivity index (χ2n) is 3.68. The number of aldehydes is 1. The summed E-state index contributed by atoms with van der Waals surface area (Å²) in [5, 5.41) is 0. The standard InChI is InChI=1S/C15H11BrO/c16-15-9-13(8-14(10-15)11-17)7-6-12-4-2-1-3-5-12/h1-11H. The Labute approximate surface area is 109 Å². The molecular weight excluding hydrogens is 276 g/mol. The molecule has 0 radical (unpaired) electrons. The van der Waals surface area contributed by atoms with E-state index in [2.05, 4.69) is 15.9 Å². The Bertz CT molecular complexity index is 544. The maximum absolute atomic E-state index is 10.7. The smallest absolute Gasteiger partial charge is 0.150 e. The third-order valence-corrected chi connectivity index (χ3v) is 2.80. The van der Waals surface area contributed by atoms with Crippen LogP contribution in [0, 0.1) is 0 Å². The van der Waals surface area contributed by atoms with Crippen molar-refractivity contribution in [3.8, 4) is 0 Å². The van der Waals surface area contributed by atoms with Crippen molar-refractivity contribution in [3.05, 3.63) is 69.7 Å². The summed E-state index contributed by atoms with van der Waals surface area (Å²) in [5.74, 6) is 0. The van der Waals surface area contributed by atoms with E-state index in [-0.39, 0.29) is 0 Å². The van der Waals surface area contributed by atoms with E-state index >= 15 is 0 Å². The van der Waals surface area contributed by atoms with Crippen molar-refractivity contribution in [2.24, 2.45) is 0 Å². The van der Waals surface area contributed by atoms with Crippen LogP contribution in [0.4, 0.5) is 0 Å². The third-order valence-electron chi connectivity index (χ3n) is 2.35. The highest BCUT2D eigenvalue weighted by molar-refractivity contribution is 9.10. The highest BCUT2D eigenvalue weighted by atomic mass is 79.9. The highest BCUT2D eigenvalue weighted by Crippen LogP contribution is 2.17. The van der Waals surface area contributed by atoms with Crippen LogP contribution < -0.4 is 0 Å². The van der Waals surface area contributed by atoms with Crippen LogP contribution in [0.3, 0.4) is 0 Å². The molecule has 0 aromatic heterocycles. The quantitative estimate of drug-likeness (QED) is 0.603. The average molecular weight is 287 g/mol. The molecule has 84 valence electrons. The van der Waals surface area contributed by atoms with E-state index in [0.717, 1.165) is 21.9 Å². The molecule has 2 heteroatoms. The molecule has 0 N–H and O–H groups in total. The van der Waals surface area contributed by atoms with Crippen LogP contribution >= 0.6 is 15.9 Å². The predicted octanol–water partition coefficient (Wildman–Crippen LogP) is 4.43. The lowest BCUT2D eigenvalue weighted by Crippen LogP contribution is -1.82. The van der Waals surface area contributed by atoms with Crippen LogP contribution in [0.15, 0.2) is 53.0 Å². The van der Waals surface area contributed by atoms with Crippen molar-refractivity contribution < 1.29 is 4.79 Å². The third kappa shape index (κ3) is 3.40. The summed E-state index contributed by atoms with van der Waals surface area (Å²) in [4.78, 5) is 10.7. The minimum atomic E-state index is 0.673. The lowest BCUT2D eigenvalue weighted by molar-refractivity contribution is 0.112. The maximum Gasteiger partial charge on any atom is 0.150 e. The topological polar surface area (TPSA) is 17.1 Å². The number of hydrogen-bond donors (Lipinski definition) is 0. The molecule has 17 heavy (non-hydrogen) atoms. The molecule has 0 unspecified atom stereocenters. The molecule has 2 rings (SSSR count). The lowest BCUT2D eigenvalue weighted by atomic mass is 10.1. The zero-order valence-electron chi connectivity index (χ0n) is 9.14. The summed E-state index contributed by atoms with van der Waals surface area (Å²) in [6, 6.07) is 15.7. The van der Waals surface area contributed by atoms with Crippen LogP contribution in [0.2, 0.25) is 0 Å². The summed E-state index contributed by atoms with van der Waals surface area (Å²) < 4.78 is 0.912. The van der Waals surface area contributed by atoms with Crippen molar-refractivity contribution in [1.82, 2.24) is 0 Å². The molecule has 0 aliphatic rings. The normalized spacial score (nSPS) is 10.6. The van der Waals surface area contributed by atoms with Gasteiger partial charge in [-0.1, -0.05) is 58.4 Å². The van der Waals surface area contributed by atoms with Crippen molar-refractivity contribution in [1.29, 1.82) is 0 Å². The molecular formula is C15H11BrO. The van der Waals surface area contributed by atoms with Gasteiger partial charge in [-0.05, 0) is 29.3 Å². The Kier molecular flexibility index (Phi) is 3.89. The predicted molar refractivity (Wildman–Crippen MR) is 74.9 cm³/mol. The van der Waals surface area contributed by atoms with E-state index in [1.807, 2.05) is 54.6 Å². The van der Waals surface area contributed by atoms with Gasteiger partial charge in [0.1, 0.15) is 6.29 Å². The fraction of sp³-hybridized carbons (Fsp3) is 0. The van der Waals surface area contributed by atoms with Crippen LogP contribution in [0.1, 0.15) is 21.5 Å². The first-order valence-corrected chi connectivity index (χ1v) is 6.06. The summed E-state index contributed by atoms with van der Waals surface area (Å²) >= 11 is 3.39. The van der Waals surface area contributed by atoms with Gasteiger partial charge >= 0.3 is 0 Å². The van der Waals surface area contributed by atoms with E-state index in [1.54, 1.807) is 6.07 Å². The van der Waals surface area contributed by atoms with Crippen LogP contribution in [-0.2, 0) is 0 Å². The van der Waals surface area contributed by atoms with E-state index < -0.39 is 0 Å². The summed E-state index contributed by atoms with van der Waals surface area (Å²) in [7, 11) is 0. The van der Waals surface area contributed by atoms with Gasteiger partial charge in [0.05, 0.1) is 0 Å². The van der Waals surface area contributed by atoms with Crippen molar-refractivity contribution >= 4 is 34.4 Å². The van der Waals surface area contributed by atoms with Crippen LogP contribution in [0.5, 0.6) is 0 Å². The molecule has 0 saturated heterocycles. The molecule has 0 fully saturated rings. The molecule has 0 bridgehead atoms. The molecule has 2 aromatic rings. The zero-order chi connectivity index (χ0) is 12.1. The van der Waals surface area contributed by atoms with Gasteiger partial charge in [0.15, 0.2) is 0 Å². The molecule has 1 nitrogen and oxygen atoms in total. The monoisotopic (exact) mass is 286 g/mol. The molecule has 0 aliphatic carbocycles. The second-order valence-corrected chi connectivity index (χ2v) is 4.60. The van der Waals surface area contributed by atoms with Gasteiger partial charge in [-0.2, -0.15) is 0 Å². The molecule has 0 saturated carbocycles. The highest BCUT2D eigenvalue weighted by Gasteiger charge is 1.95. The fourth-order valence-electron chi connectivity index (χ4n) is 1.56. The largest absolute Gasteiger partial charge is 0.298 e. The first-order chi connectivity index (χ1) is 8.28. The van der Waals surface area contributed by atoms with Gasteiger partial charge in [0.2, 0.25) is 0 Å². The number of hydrogen-bond acceptors (Lipinski definition) is 1. The van der Waals surface area contributed by atoms with Gasteiger partial charge < -0.3 is 0 Å². The molecule has 0 aliphatic heterocycles. The lowest BCUT2D eigenvalue weighted by Gasteiger charge is -1.98. The Morgan fingerprint density at radius 1 is 0.824 bits per heavy atom. The molecule has 0 spiro atoms. The first-order valence-electron chi connectivity index (χ1n) is 5.27. The first kappa shape index (κ1) is 11.8. The van der Waals surface area contributed by atoms with E-state index in [0.29, 0.717) is 5.56 Å². The number of benzene rings is 2. The Morgan fingerprint density at radius 2 is 1.47 bits per heavy atom. The minimum Gasteiger partial charge on any atom is -0.298 e. The summed E-state index contributed by atoms with van der Waals surface area (Å²) in [6.07, 6.45) is 4.87. The fourth-order valence-corrected chi connectivity index (χ4v) is 2.09.